The van der Waals surface area contributed by atoms with Crippen LogP contribution in [0.5, 0.6) is 0 Å². The molecule has 0 aliphatic heterocycles. The second kappa shape index (κ2) is 9.66. The molecule has 7 rings (SSSR count). The molecule has 0 atom stereocenters. The molecule has 4 heterocycles. The third-order valence-corrected chi connectivity index (χ3v) is 8.10. The Bertz CT molecular complexity index is 2110. The fourth-order valence-electron chi connectivity index (χ4n) is 5.99. The van der Waals surface area contributed by atoms with Crippen molar-refractivity contribution in [3.05, 3.63) is 108 Å². The van der Waals surface area contributed by atoms with Crippen LogP contribution in [0.3, 0.4) is 0 Å². The predicted octanol–water partition coefficient (Wildman–Crippen LogP) is 9.78. The largest absolute Gasteiger partial charge is 0.437 e. The maximum absolute atomic E-state index is 6.48. The lowest BCUT2D eigenvalue weighted by molar-refractivity contribution is 0.585. The van der Waals surface area contributed by atoms with Crippen molar-refractivity contribution in [1.82, 2.24) is 19.5 Å². The summed E-state index contributed by atoms with van der Waals surface area (Å²) in [5.41, 5.74) is 11.1. The SMILES string of the molecule is Cc1ccc2c(n1)oc1c(-c3nc4ccncc4n3-c3c(C(C)C)cc(-c4ccccc4)cc3C(C)(C)C)cccc12. The molecule has 5 heteroatoms. The van der Waals surface area contributed by atoms with Crippen LogP contribution < -0.4 is 0 Å². The molecule has 0 N–H and O–H groups in total. The first-order valence-electron chi connectivity index (χ1n) is 14.6. The molecular weight excluding hydrogens is 516 g/mol. The third kappa shape index (κ3) is 4.19. The standard InChI is InChI=1S/C37H34N4O/c1-22(2)29-19-25(24-11-8-7-9-12-24)20-30(37(4,5)6)33(29)41-32-21-38-18-17-31(32)40-35(41)28-14-10-13-26-27-16-15-23(3)39-36(27)42-34(26)28/h7-22H,1-6H3. The van der Waals surface area contributed by atoms with Crippen LogP contribution in [0.15, 0.2) is 95.7 Å². The first-order valence-corrected chi connectivity index (χ1v) is 14.6. The monoisotopic (exact) mass is 550 g/mol. The van der Waals surface area contributed by atoms with Crippen LogP contribution >= 0.6 is 0 Å². The minimum Gasteiger partial charge on any atom is -0.437 e. The van der Waals surface area contributed by atoms with E-state index in [2.05, 4.69) is 116 Å². The van der Waals surface area contributed by atoms with E-state index in [9.17, 15) is 0 Å². The Morgan fingerprint density at radius 1 is 0.810 bits per heavy atom. The molecule has 0 saturated carbocycles. The van der Waals surface area contributed by atoms with Crippen LogP contribution in [0.2, 0.25) is 0 Å². The van der Waals surface area contributed by atoms with Crippen LogP contribution in [0.4, 0.5) is 0 Å². The number of imidazole rings is 1. The number of fused-ring (bicyclic) bond motifs is 4. The van der Waals surface area contributed by atoms with Gasteiger partial charge >= 0.3 is 0 Å². The van der Waals surface area contributed by atoms with Crippen molar-refractivity contribution in [3.8, 4) is 28.2 Å². The summed E-state index contributed by atoms with van der Waals surface area (Å²) >= 11 is 0. The lowest BCUT2D eigenvalue weighted by Gasteiger charge is -2.29. The average molecular weight is 551 g/mol. The van der Waals surface area contributed by atoms with E-state index in [4.69, 9.17) is 9.40 Å². The van der Waals surface area contributed by atoms with Gasteiger partial charge in [0.15, 0.2) is 0 Å². The Hall–Kier alpha value is -4.77. The second-order valence-corrected chi connectivity index (χ2v) is 12.5. The molecule has 0 unspecified atom stereocenters. The number of benzene rings is 3. The number of pyridine rings is 2. The van der Waals surface area contributed by atoms with Crippen molar-refractivity contribution in [2.45, 2.75) is 52.9 Å². The van der Waals surface area contributed by atoms with Crippen LogP contribution in [-0.4, -0.2) is 19.5 Å². The van der Waals surface area contributed by atoms with Crippen molar-refractivity contribution < 1.29 is 4.42 Å². The lowest BCUT2D eigenvalue weighted by atomic mass is 9.80. The van der Waals surface area contributed by atoms with Crippen molar-refractivity contribution in [2.24, 2.45) is 0 Å². The summed E-state index contributed by atoms with van der Waals surface area (Å²) in [7, 11) is 0. The Morgan fingerprint density at radius 3 is 2.38 bits per heavy atom. The van der Waals surface area contributed by atoms with Gasteiger partial charge in [-0.05, 0) is 76.9 Å². The van der Waals surface area contributed by atoms with E-state index >= 15 is 0 Å². The Kier molecular flexibility index (Phi) is 6.01. The van der Waals surface area contributed by atoms with Gasteiger partial charge < -0.3 is 4.42 Å². The zero-order chi connectivity index (χ0) is 29.2. The molecule has 0 aliphatic rings. The highest BCUT2D eigenvalue weighted by Crippen LogP contribution is 2.43. The molecule has 42 heavy (non-hydrogen) atoms. The fraction of sp³-hybridized carbons (Fsp3) is 0.216. The number of hydrogen-bond acceptors (Lipinski definition) is 4. The van der Waals surface area contributed by atoms with Crippen LogP contribution in [0, 0.1) is 6.92 Å². The molecule has 0 radical (unpaired) electrons. The highest BCUT2D eigenvalue weighted by atomic mass is 16.3. The first-order chi connectivity index (χ1) is 20.2. The summed E-state index contributed by atoms with van der Waals surface area (Å²) in [5, 5.41) is 2.04. The van der Waals surface area contributed by atoms with E-state index in [1.165, 1.54) is 22.3 Å². The maximum Gasteiger partial charge on any atom is 0.227 e. The zero-order valence-electron chi connectivity index (χ0n) is 24.9. The Labute approximate surface area is 245 Å². The highest BCUT2D eigenvalue weighted by molar-refractivity contribution is 6.08. The van der Waals surface area contributed by atoms with E-state index in [1.54, 1.807) is 0 Å². The molecule has 0 amide bonds. The minimum atomic E-state index is -0.146. The van der Waals surface area contributed by atoms with E-state index in [0.717, 1.165) is 50.2 Å². The maximum atomic E-state index is 6.48. The first kappa shape index (κ1) is 26.1. The molecule has 7 aromatic rings. The number of nitrogens with zero attached hydrogens (tertiary/aromatic N) is 4. The minimum absolute atomic E-state index is 0.146. The van der Waals surface area contributed by atoms with Crippen LogP contribution in [0.25, 0.3) is 61.3 Å². The van der Waals surface area contributed by atoms with Gasteiger partial charge in [-0.15, -0.1) is 0 Å². The number of hydrogen-bond donors (Lipinski definition) is 0. The summed E-state index contributed by atoms with van der Waals surface area (Å²) in [5.74, 6) is 1.10. The number of furan rings is 1. The normalized spacial score (nSPS) is 12.3. The summed E-state index contributed by atoms with van der Waals surface area (Å²) in [6.45, 7) is 13.4. The summed E-state index contributed by atoms with van der Waals surface area (Å²) < 4.78 is 8.79. The van der Waals surface area contributed by atoms with Gasteiger partial charge in [-0.1, -0.05) is 77.1 Å². The quantitative estimate of drug-likeness (QED) is 0.219. The molecule has 208 valence electrons. The van der Waals surface area contributed by atoms with Gasteiger partial charge in [0.2, 0.25) is 5.71 Å². The van der Waals surface area contributed by atoms with E-state index in [-0.39, 0.29) is 11.3 Å². The second-order valence-electron chi connectivity index (χ2n) is 12.5. The van der Waals surface area contributed by atoms with Crippen LogP contribution in [-0.2, 0) is 5.41 Å². The van der Waals surface area contributed by atoms with Gasteiger partial charge in [-0.3, -0.25) is 9.55 Å². The molecule has 4 aromatic heterocycles. The smallest absolute Gasteiger partial charge is 0.227 e. The van der Waals surface area contributed by atoms with Crippen molar-refractivity contribution in [1.29, 1.82) is 0 Å². The summed E-state index contributed by atoms with van der Waals surface area (Å²) in [6, 6.07) is 27.8. The van der Waals surface area contributed by atoms with E-state index in [0.29, 0.717) is 5.71 Å². The highest BCUT2D eigenvalue weighted by Gasteiger charge is 2.28. The summed E-state index contributed by atoms with van der Waals surface area (Å²) in [6.07, 6.45) is 3.74. The molecule has 0 aliphatic carbocycles. The average Bonchev–Trinajstić information content (AvgIpc) is 3.54. The Morgan fingerprint density at radius 2 is 1.62 bits per heavy atom. The zero-order valence-corrected chi connectivity index (χ0v) is 24.9. The topological polar surface area (TPSA) is 56.7 Å². The number of para-hydroxylation sites is 1. The van der Waals surface area contributed by atoms with Gasteiger partial charge in [-0.25, -0.2) is 9.97 Å². The molecule has 3 aromatic carbocycles. The van der Waals surface area contributed by atoms with Crippen LogP contribution in [0.1, 0.15) is 57.4 Å². The number of aryl methyl sites for hydroxylation is 1. The number of rotatable bonds is 4. The van der Waals surface area contributed by atoms with Gasteiger partial charge in [0.1, 0.15) is 11.4 Å². The molecule has 0 saturated heterocycles. The molecule has 0 fully saturated rings. The Balaban J connectivity index is 1.61. The molecule has 0 bridgehead atoms. The molecular formula is C37H34N4O. The van der Waals surface area contributed by atoms with Gasteiger partial charge in [0, 0.05) is 22.7 Å². The van der Waals surface area contributed by atoms with Gasteiger partial charge in [-0.2, -0.15) is 0 Å². The summed E-state index contributed by atoms with van der Waals surface area (Å²) in [4.78, 5) is 14.5. The molecule has 0 spiro atoms. The van der Waals surface area contributed by atoms with Gasteiger partial charge in [0.05, 0.1) is 28.5 Å². The van der Waals surface area contributed by atoms with E-state index in [1.807, 2.05) is 31.5 Å². The van der Waals surface area contributed by atoms with Crippen molar-refractivity contribution in [3.63, 3.8) is 0 Å². The van der Waals surface area contributed by atoms with Crippen molar-refractivity contribution >= 4 is 33.1 Å². The lowest BCUT2D eigenvalue weighted by Crippen LogP contribution is -2.18. The fourth-order valence-corrected chi connectivity index (χ4v) is 5.99. The van der Waals surface area contributed by atoms with Gasteiger partial charge in [0.25, 0.3) is 0 Å². The van der Waals surface area contributed by atoms with Crippen molar-refractivity contribution in [2.75, 3.05) is 0 Å². The number of aromatic nitrogens is 4. The van der Waals surface area contributed by atoms with E-state index < -0.39 is 0 Å². The third-order valence-electron chi connectivity index (χ3n) is 8.10. The molecule has 5 nitrogen and oxygen atoms in total. The predicted molar refractivity (Wildman–Crippen MR) is 172 cm³/mol.